The van der Waals surface area contributed by atoms with Crippen LogP contribution >= 0.6 is 0 Å². The van der Waals surface area contributed by atoms with Gasteiger partial charge >= 0.3 is 0 Å². The number of hydrogen-bond donors (Lipinski definition) is 2. The predicted octanol–water partition coefficient (Wildman–Crippen LogP) is 4.61. The SMILES string of the molecule is CN(C)Cc1cc(-c2nc(-c3cc(F)c4c(=O)[nH]cc(F)c4c3)c(N)nc2F)ccc1C1CCOCC1. The van der Waals surface area contributed by atoms with Crippen molar-refractivity contribution in [2.45, 2.75) is 25.3 Å². The van der Waals surface area contributed by atoms with Crippen molar-refractivity contribution < 1.29 is 17.9 Å². The minimum Gasteiger partial charge on any atom is -0.382 e. The number of H-pyrrole nitrogens is 1. The molecule has 0 bridgehead atoms. The number of aromatic amines is 1. The van der Waals surface area contributed by atoms with Crippen molar-refractivity contribution in [1.29, 1.82) is 0 Å². The number of benzene rings is 2. The van der Waals surface area contributed by atoms with Crippen LogP contribution < -0.4 is 11.3 Å². The predicted molar refractivity (Wildman–Crippen MR) is 136 cm³/mol. The van der Waals surface area contributed by atoms with Gasteiger partial charge in [-0.15, -0.1) is 0 Å². The Labute approximate surface area is 211 Å². The molecule has 4 aromatic rings. The summed E-state index contributed by atoms with van der Waals surface area (Å²) in [5, 5.41) is -0.658. The Morgan fingerprint density at radius 2 is 1.78 bits per heavy atom. The van der Waals surface area contributed by atoms with Crippen molar-refractivity contribution >= 4 is 16.6 Å². The molecule has 0 saturated carbocycles. The molecule has 1 fully saturated rings. The minimum absolute atomic E-state index is 0.0143. The molecule has 3 heterocycles. The first kappa shape index (κ1) is 24.9. The number of aromatic nitrogens is 3. The number of nitrogens with one attached hydrogen (secondary N) is 1. The molecule has 7 nitrogen and oxygen atoms in total. The van der Waals surface area contributed by atoms with Crippen LogP contribution in [0.5, 0.6) is 0 Å². The van der Waals surface area contributed by atoms with Gasteiger partial charge in [-0.1, -0.05) is 12.1 Å². The quantitative estimate of drug-likeness (QED) is 0.408. The van der Waals surface area contributed by atoms with E-state index in [1.54, 1.807) is 6.07 Å². The third-order valence-electron chi connectivity index (χ3n) is 6.62. The Bertz CT molecular complexity index is 1550. The van der Waals surface area contributed by atoms with Gasteiger partial charge in [0.05, 0.1) is 5.39 Å². The average molecular weight is 510 g/mol. The first-order chi connectivity index (χ1) is 17.7. The van der Waals surface area contributed by atoms with Gasteiger partial charge in [0, 0.05) is 42.5 Å². The number of nitrogens with zero attached hydrogens (tertiary/aromatic N) is 3. The summed E-state index contributed by atoms with van der Waals surface area (Å²) in [7, 11) is 3.92. The Morgan fingerprint density at radius 1 is 1.03 bits per heavy atom. The monoisotopic (exact) mass is 509 g/mol. The Kier molecular flexibility index (Phi) is 6.70. The highest BCUT2D eigenvalue weighted by molar-refractivity contribution is 5.88. The Balaban J connectivity index is 1.63. The van der Waals surface area contributed by atoms with Crippen LogP contribution in [0.3, 0.4) is 0 Å². The van der Waals surface area contributed by atoms with Crippen molar-refractivity contribution in [3.8, 4) is 22.5 Å². The van der Waals surface area contributed by atoms with Crippen LogP contribution in [0, 0.1) is 17.6 Å². The number of halogens is 3. The van der Waals surface area contributed by atoms with E-state index in [1.165, 1.54) is 11.6 Å². The van der Waals surface area contributed by atoms with Gasteiger partial charge in [-0.3, -0.25) is 4.79 Å². The highest BCUT2D eigenvalue weighted by Crippen LogP contribution is 2.35. The van der Waals surface area contributed by atoms with Crippen LogP contribution in [-0.2, 0) is 11.3 Å². The maximum atomic E-state index is 15.1. The van der Waals surface area contributed by atoms with Crippen molar-refractivity contribution in [3.05, 3.63) is 75.6 Å². The van der Waals surface area contributed by atoms with E-state index in [0.29, 0.717) is 31.2 Å². The average Bonchev–Trinajstić information content (AvgIpc) is 2.86. The lowest BCUT2D eigenvalue weighted by Crippen LogP contribution is -2.18. The zero-order valence-corrected chi connectivity index (χ0v) is 20.4. The first-order valence-corrected chi connectivity index (χ1v) is 11.9. The lowest BCUT2D eigenvalue weighted by atomic mass is 9.87. The zero-order chi connectivity index (χ0) is 26.3. The van der Waals surface area contributed by atoms with Crippen LogP contribution in [-0.4, -0.2) is 47.2 Å². The summed E-state index contributed by atoms with van der Waals surface area (Å²) in [6, 6.07) is 7.94. The molecule has 0 amide bonds. The molecule has 2 aromatic heterocycles. The van der Waals surface area contributed by atoms with E-state index < -0.39 is 28.5 Å². The summed E-state index contributed by atoms with van der Waals surface area (Å²) < 4.78 is 49.8. The summed E-state index contributed by atoms with van der Waals surface area (Å²) in [5.41, 5.74) is 7.90. The fraction of sp³-hybridized carbons (Fsp3) is 0.296. The van der Waals surface area contributed by atoms with Crippen LogP contribution in [0.1, 0.15) is 29.9 Å². The largest absolute Gasteiger partial charge is 0.382 e. The molecule has 37 heavy (non-hydrogen) atoms. The summed E-state index contributed by atoms with van der Waals surface area (Å²) in [4.78, 5) is 24.4. The fourth-order valence-corrected chi connectivity index (χ4v) is 4.90. The molecule has 5 rings (SSSR count). The molecule has 0 atom stereocenters. The Hall–Kier alpha value is -3.76. The maximum Gasteiger partial charge on any atom is 0.258 e. The third kappa shape index (κ3) is 4.82. The molecule has 0 spiro atoms. The topological polar surface area (TPSA) is 97.1 Å². The van der Waals surface area contributed by atoms with E-state index in [4.69, 9.17) is 10.5 Å². The van der Waals surface area contributed by atoms with E-state index >= 15 is 4.39 Å². The van der Waals surface area contributed by atoms with Gasteiger partial charge in [0.25, 0.3) is 5.56 Å². The van der Waals surface area contributed by atoms with Gasteiger partial charge in [-0.25, -0.2) is 13.8 Å². The number of ether oxygens (including phenoxy) is 1. The van der Waals surface area contributed by atoms with E-state index in [9.17, 15) is 13.6 Å². The molecule has 2 aromatic carbocycles. The van der Waals surface area contributed by atoms with Crippen LogP contribution in [0.15, 0.2) is 41.3 Å². The van der Waals surface area contributed by atoms with Gasteiger partial charge < -0.3 is 20.4 Å². The van der Waals surface area contributed by atoms with Gasteiger partial charge in [0.1, 0.15) is 23.0 Å². The van der Waals surface area contributed by atoms with Gasteiger partial charge in [0.2, 0.25) is 5.95 Å². The number of rotatable bonds is 5. The van der Waals surface area contributed by atoms with Crippen molar-refractivity contribution in [2.24, 2.45) is 0 Å². The fourth-order valence-electron chi connectivity index (χ4n) is 4.90. The van der Waals surface area contributed by atoms with Gasteiger partial charge in [-0.05, 0) is 62.2 Å². The number of fused-ring (bicyclic) bond motifs is 1. The molecule has 1 aliphatic heterocycles. The highest BCUT2D eigenvalue weighted by Gasteiger charge is 2.22. The summed E-state index contributed by atoms with van der Waals surface area (Å²) in [6.45, 7) is 2.04. The number of pyridine rings is 1. The number of hydrogen-bond acceptors (Lipinski definition) is 6. The molecule has 3 N–H and O–H groups in total. The normalized spacial score (nSPS) is 14.5. The molecule has 0 aliphatic carbocycles. The second kappa shape index (κ2) is 9.95. The summed E-state index contributed by atoms with van der Waals surface area (Å²) in [6.07, 6.45) is 2.67. The second-order valence-corrected chi connectivity index (χ2v) is 9.48. The Morgan fingerprint density at radius 3 is 2.51 bits per heavy atom. The van der Waals surface area contributed by atoms with Gasteiger partial charge in [0.15, 0.2) is 5.82 Å². The molecule has 0 unspecified atom stereocenters. The van der Waals surface area contributed by atoms with Crippen molar-refractivity contribution in [1.82, 2.24) is 19.9 Å². The molecule has 192 valence electrons. The molecule has 10 heteroatoms. The lowest BCUT2D eigenvalue weighted by Gasteiger charge is -2.26. The van der Waals surface area contributed by atoms with E-state index in [2.05, 4.69) is 15.0 Å². The number of anilines is 1. The second-order valence-electron chi connectivity index (χ2n) is 9.48. The highest BCUT2D eigenvalue weighted by atomic mass is 19.1. The standard InChI is InChI=1S/C27H26F3N5O2/c1-35(2)13-17-9-15(3-4-18(17)14-5-7-37-8-6-14)23-25(30)34-26(31)24(33-23)16-10-19-21(29)12-32-27(36)22(19)20(28)11-16/h3-4,9-12,14H,5-8,13H2,1-2H3,(H2,31,34)(H,32,36). The molecular formula is C27H26F3N5O2. The minimum atomic E-state index is -0.950. The van der Waals surface area contributed by atoms with Crippen LogP contribution in [0.4, 0.5) is 19.0 Å². The third-order valence-corrected chi connectivity index (χ3v) is 6.62. The molecule has 1 saturated heterocycles. The van der Waals surface area contributed by atoms with Gasteiger partial charge in [-0.2, -0.15) is 9.37 Å². The van der Waals surface area contributed by atoms with Crippen molar-refractivity contribution in [3.63, 3.8) is 0 Å². The number of nitrogen functional groups attached to an aromatic ring is 1. The lowest BCUT2D eigenvalue weighted by molar-refractivity contribution is 0.0850. The maximum absolute atomic E-state index is 15.1. The van der Waals surface area contributed by atoms with E-state index in [0.717, 1.165) is 30.7 Å². The van der Waals surface area contributed by atoms with Crippen LogP contribution in [0.2, 0.25) is 0 Å². The zero-order valence-electron chi connectivity index (χ0n) is 20.4. The summed E-state index contributed by atoms with van der Waals surface area (Å²) in [5.74, 6) is -2.58. The smallest absolute Gasteiger partial charge is 0.258 e. The van der Waals surface area contributed by atoms with E-state index in [1.807, 2.05) is 31.1 Å². The summed E-state index contributed by atoms with van der Waals surface area (Å²) >= 11 is 0. The molecule has 1 aliphatic rings. The van der Waals surface area contributed by atoms with E-state index in [-0.39, 0.29) is 28.2 Å². The molecule has 0 radical (unpaired) electrons. The van der Waals surface area contributed by atoms with Crippen molar-refractivity contribution in [2.75, 3.05) is 33.0 Å². The number of nitrogens with two attached hydrogens (primary N) is 1. The van der Waals surface area contributed by atoms with Crippen LogP contribution in [0.25, 0.3) is 33.3 Å². The first-order valence-electron chi connectivity index (χ1n) is 11.9. The molecular weight excluding hydrogens is 483 g/mol.